The largest absolute Gasteiger partial charge is 0.280 e. The maximum atomic E-state index is 13.0. The lowest BCUT2D eigenvalue weighted by molar-refractivity contribution is 0.568. The summed E-state index contributed by atoms with van der Waals surface area (Å²) in [7, 11) is -4.08. The quantitative estimate of drug-likeness (QED) is 0.907. The smallest absolute Gasteiger partial charge is 0.263 e. The van der Waals surface area contributed by atoms with E-state index in [1.807, 2.05) is 0 Å². The van der Waals surface area contributed by atoms with E-state index >= 15 is 0 Å². The van der Waals surface area contributed by atoms with E-state index in [2.05, 4.69) is 14.9 Å². The Hall–Kier alpha value is -1.96. The van der Waals surface area contributed by atoms with Crippen molar-refractivity contribution in [1.82, 2.24) is 10.2 Å². The normalized spacial score (nSPS) is 11.6. The third kappa shape index (κ3) is 2.73. The van der Waals surface area contributed by atoms with Crippen LogP contribution >= 0.6 is 0 Å². The average Bonchev–Trinajstić information content (AvgIpc) is 2.59. The van der Waals surface area contributed by atoms with E-state index in [4.69, 9.17) is 0 Å². The lowest BCUT2D eigenvalue weighted by Gasteiger charge is -2.06. The summed E-state index contributed by atoms with van der Waals surface area (Å²) in [6.07, 6.45) is 0. The van der Waals surface area contributed by atoms with Crippen molar-refractivity contribution in [3.63, 3.8) is 0 Å². The van der Waals surface area contributed by atoms with Gasteiger partial charge in [-0.25, -0.2) is 17.2 Å². The standard InChI is InChI=1S/C11H11F2N3O2S/c1-6-7(2)14-15-11(6)16-19(17,18)10-4-8(12)3-9(13)5-10/h3-5H,1-2H3,(H2,14,15,16). The SMILES string of the molecule is Cc1[nH]nc(NS(=O)(=O)c2cc(F)cc(F)c2)c1C. The molecule has 0 atom stereocenters. The summed E-state index contributed by atoms with van der Waals surface area (Å²) < 4.78 is 52.2. The highest BCUT2D eigenvalue weighted by Crippen LogP contribution is 2.20. The van der Waals surface area contributed by atoms with Crippen LogP contribution in [0.5, 0.6) is 0 Å². The zero-order chi connectivity index (χ0) is 14.2. The first-order valence-electron chi connectivity index (χ1n) is 5.30. The summed E-state index contributed by atoms with van der Waals surface area (Å²) in [5.74, 6) is -1.83. The molecule has 0 aliphatic rings. The first kappa shape index (κ1) is 13.5. The molecule has 0 aliphatic carbocycles. The number of hydrogen-bond acceptors (Lipinski definition) is 3. The number of aryl methyl sites for hydroxylation is 1. The van der Waals surface area contributed by atoms with E-state index in [0.29, 0.717) is 17.3 Å². The van der Waals surface area contributed by atoms with Crippen LogP contribution in [0.1, 0.15) is 11.3 Å². The molecule has 1 heterocycles. The molecule has 0 unspecified atom stereocenters. The first-order valence-corrected chi connectivity index (χ1v) is 6.78. The highest BCUT2D eigenvalue weighted by molar-refractivity contribution is 7.92. The van der Waals surface area contributed by atoms with Gasteiger partial charge in [0.1, 0.15) is 11.6 Å². The van der Waals surface area contributed by atoms with Crippen LogP contribution in [0.15, 0.2) is 23.1 Å². The molecule has 1 aromatic carbocycles. The minimum absolute atomic E-state index is 0.0992. The molecule has 102 valence electrons. The third-order valence-electron chi connectivity index (χ3n) is 2.63. The van der Waals surface area contributed by atoms with Crippen molar-refractivity contribution >= 4 is 15.8 Å². The monoisotopic (exact) mass is 287 g/mol. The van der Waals surface area contributed by atoms with Crippen molar-refractivity contribution < 1.29 is 17.2 Å². The van der Waals surface area contributed by atoms with Crippen LogP contribution in [0.25, 0.3) is 0 Å². The summed E-state index contributed by atoms with van der Waals surface area (Å²) in [6, 6.07) is 2.07. The second-order valence-corrected chi connectivity index (χ2v) is 5.72. The van der Waals surface area contributed by atoms with E-state index in [1.54, 1.807) is 13.8 Å². The number of rotatable bonds is 3. The van der Waals surface area contributed by atoms with E-state index in [9.17, 15) is 17.2 Å². The van der Waals surface area contributed by atoms with Gasteiger partial charge >= 0.3 is 0 Å². The molecule has 2 rings (SSSR count). The number of benzene rings is 1. The van der Waals surface area contributed by atoms with Gasteiger partial charge in [-0.1, -0.05) is 0 Å². The topological polar surface area (TPSA) is 74.8 Å². The third-order valence-corrected chi connectivity index (χ3v) is 3.95. The minimum Gasteiger partial charge on any atom is -0.280 e. The van der Waals surface area contributed by atoms with Gasteiger partial charge < -0.3 is 0 Å². The molecular formula is C11H11F2N3O2S. The molecule has 0 aliphatic heterocycles. The van der Waals surface area contributed by atoms with E-state index in [0.717, 1.165) is 12.1 Å². The number of aromatic amines is 1. The molecule has 5 nitrogen and oxygen atoms in total. The van der Waals surface area contributed by atoms with Crippen LogP contribution in [0.3, 0.4) is 0 Å². The van der Waals surface area contributed by atoms with Crippen molar-refractivity contribution in [1.29, 1.82) is 0 Å². The Labute approximate surface area is 108 Å². The molecule has 0 amide bonds. The number of nitrogens with one attached hydrogen (secondary N) is 2. The minimum atomic E-state index is -4.08. The maximum Gasteiger partial charge on any atom is 0.263 e. The fraction of sp³-hybridized carbons (Fsp3) is 0.182. The summed E-state index contributed by atoms with van der Waals surface area (Å²) in [5.41, 5.74) is 1.31. The van der Waals surface area contributed by atoms with Crippen LogP contribution in [0.4, 0.5) is 14.6 Å². The predicted molar refractivity (Wildman–Crippen MR) is 65.2 cm³/mol. The van der Waals surface area contributed by atoms with Gasteiger partial charge in [-0.2, -0.15) is 5.10 Å². The Kier molecular flexibility index (Phi) is 3.27. The van der Waals surface area contributed by atoms with Crippen molar-refractivity contribution in [2.75, 3.05) is 4.72 Å². The van der Waals surface area contributed by atoms with Gasteiger partial charge in [0.25, 0.3) is 10.0 Å². The lowest BCUT2D eigenvalue weighted by Crippen LogP contribution is -2.14. The van der Waals surface area contributed by atoms with Gasteiger partial charge in [0.15, 0.2) is 5.82 Å². The van der Waals surface area contributed by atoms with E-state index < -0.39 is 26.6 Å². The van der Waals surface area contributed by atoms with Crippen molar-refractivity contribution in [2.24, 2.45) is 0 Å². The molecule has 2 N–H and O–H groups in total. The highest BCUT2D eigenvalue weighted by atomic mass is 32.2. The van der Waals surface area contributed by atoms with Gasteiger partial charge in [-0.05, 0) is 26.0 Å². The fourth-order valence-corrected chi connectivity index (χ4v) is 2.56. The van der Waals surface area contributed by atoms with E-state index in [1.165, 1.54) is 0 Å². The summed E-state index contributed by atoms with van der Waals surface area (Å²) >= 11 is 0. The Morgan fingerprint density at radius 3 is 2.21 bits per heavy atom. The number of nitrogens with zero attached hydrogens (tertiary/aromatic N) is 1. The van der Waals surface area contributed by atoms with Crippen molar-refractivity contribution in [3.8, 4) is 0 Å². The Bertz CT molecular complexity index is 705. The molecule has 1 aromatic heterocycles. The van der Waals surface area contributed by atoms with Gasteiger partial charge in [0, 0.05) is 17.3 Å². The van der Waals surface area contributed by atoms with Crippen LogP contribution < -0.4 is 4.72 Å². The summed E-state index contributed by atoms with van der Waals surface area (Å²) in [5, 5.41) is 6.38. The van der Waals surface area contributed by atoms with Crippen LogP contribution in [0.2, 0.25) is 0 Å². The van der Waals surface area contributed by atoms with Crippen LogP contribution in [0, 0.1) is 25.5 Å². The molecule has 8 heteroatoms. The molecule has 0 fully saturated rings. The molecule has 0 bridgehead atoms. The number of anilines is 1. The average molecular weight is 287 g/mol. The van der Waals surface area contributed by atoms with Gasteiger partial charge in [0.2, 0.25) is 0 Å². The van der Waals surface area contributed by atoms with Crippen molar-refractivity contribution in [2.45, 2.75) is 18.7 Å². The number of hydrogen-bond donors (Lipinski definition) is 2. The molecule has 0 saturated heterocycles. The number of aromatic nitrogens is 2. The van der Waals surface area contributed by atoms with Crippen LogP contribution in [-0.2, 0) is 10.0 Å². The predicted octanol–water partition coefficient (Wildman–Crippen LogP) is 2.11. The lowest BCUT2D eigenvalue weighted by atomic mass is 10.3. The zero-order valence-corrected chi connectivity index (χ0v) is 11.0. The molecule has 0 spiro atoms. The highest BCUT2D eigenvalue weighted by Gasteiger charge is 2.19. The van der Waals surface area contributed by atoms with Gasteiger partial charge in [-0.15, -0.1) is 0 Å². The summed E-state index contributed by atoms with van der Waals surface area (Å²) in [6.45, 7) is 3.39. The molecule has 0 saturated carbocycles. The number of halogens is 2. The maximum absolute atomic E-state index is 13.0. The number of sulfonamides is 1. The van der Waals surface area contributed by atoms with Gasteiger partial charge in [0.05, 0.1) is 4.90 Å². The van der Waals surface area contributed by atoms with Crippen LogP contribution in [-0.4, -0.2) is 18.6 Å². The first-order chi connectivity index (χ1) is 8.79. The van der Waals surface area contributed by atoms with Crippen molar-refractivity contribution in [3.05, 3.63) is 41.1 Å². The molecule has 19 heavy (non-hydrogen) atoms. The fourth-order valence-electron chi connectivity index (χ4n) is 1.45. The Morgan fingerprint density at radius 2 is 1.74 bits per heavy atom. The molecule has 2 aromatic rings. The molecular weight excluding hydrogens is 276 g/mol. The zero-order valence-electron chi connectivity index (χ0n) is 10.2. The van der Waals surface area contributed by atoms with E-state index in [-0.39, 0.29) is 5.82 Å². The van der Waals surface area contributed by atoms with Gasteiger partial charge in [-0.3, -0.25) is 9.82 Å². The second kappa shape index (κ2) is 4.61. The Balaban J connectivity index is 2.40. The number of H-pyrrole nitrogens is 1. The Morgan fingerprint density at radius 1 is 1.16 bits per heavy atom. The second-order valence-electron chi connectivity index (χ2n) is 4.03. The summed E-state index contributed by atoms with van der Waals surface area (Å²) in [4.78, 5) is -0.495. The molecule has 0 radical (unpaired) electrons.